The van der Waals surface area contributed by atoms with Gasteiger partial charge in [-0.15, -0.1) is 11.3 Å². The Morgan fingerprint density at radius 3 is 2.92 bits per heavy atom. The van der Waals surface area contributed by atoms with Crippen molar-refractivity contribution in [1.82, 2.24) is 4.98 Å². The molecule has 1 aromatic heterocycles. The van der Waals surface area contributed by atoms with Crippen LogP contribution in [-0.2, 0) is 4.74 Å². The van der Waals surface area contributed by atoms with Crippen LogP contribution in [0.5, 0.6) is 0 Å². The van der Waals surface area contributed by atoms with Crippen molar-refractivity contribution in [2.24, 2.45) is 0 Å². The highest BCUT2D eigenvalue weighted by Crippen LogP contribution is 2.15. The zero-order valence-electron chi connectivity index (χ0n) is 6.93. The fourth-order valence-electron chi connectivity index (χ4n) is 0.691. The molecule has 0 amide bonds. The summed E-state index contributed by atoms with van der Waals surface area (Å²) in [5.74, 6) is -0.542. The summed E-state index contributed by atoms with van der Waals surface area (Å²) in [6, 6.07) is 0. The molecular weight excluding hydrogens is 194 g/mol. The van der Waals surface area contributed by atoms with Crippen molar-refractivity contribution in [1.29, 1.82) is 0 Å². The number of carbonyl (C=O) groups is 1. The topological polar surface area (TPSA) is 79.7 Å². The third-order valence-electron chi connectivity index (χ3n) is 1.24. The molecule has 1 heterocycles. The number of thiazole rings is 1. The van der Waals surface area contributed by atoms with Crippen molar-refractivity contribution in [3.63, 3.8) is 0 Å². The van der Waals surface area contributed by atoms with Crippen molar-refractivity contribution in [2.45, 2.75) is 13.2 Å². The highest BCUT2D eigenvalue weighted by molar-refractivity contribution is 7.11. The number of aromatic nitrogens is 1. The van der Waals surface area contributed by atoms with Crippen LogP contribution in [0.15, 0.2) is 5.38 Å². The van der Waals surface area contributed by atoms with E-state index in [4.69, 9.17) is 10.2 Å². The first-order valence-electron chi connectivity index (χ1n) is 3.63. The first kappa shape index (κ1) is 10.1. The molecule has 0 saturated carbocycles. The molecule has 0 bridgehead atoms. The van der Waals surface area contributed by atoms with Gasteiger partial charge in [0.1, 0.15) is 5.69 Å². The zero-order valence-corrected chi connectivity index (χ0v) is 7.74. The van der Waals surface area contributed by atoms with Gasteiger partial charge in [-0.2, -0.15) is 0 Å². The van der Waals surface area contributed by atoms with Crippen LogP contribution in [-0.4, -0.2) is 27.8 Å². The van der Waals surface area contributed by atoms with E-state index in [0.29, 0.717) is 0 Å². The number of carbonyl (C=O) groups excluding carboxylic acids is 1. The Morgan fingerprint density at radius 1 is 1.77 bits per heavy atom. The standard InChI is InChI=1S/C7H9NO4S/c1-2-12-7(11)5-8-4(3-13-5)6(9)10/h3,6,9-10H,2H2,1H3. The monoisotopic (exact) mass is 203 g/mol. The third-order valence-corrected chi connectivity index (χ3v) is 2.08. The molecule has 1 rings (SSSR count). The van der Waals surface area contributed by atoms with Gasteiger partial charge in [-0.05, 0) is 6.92 Å². The second-order valence-corrected chi connectivity index (χ2v) is 3.03. The smallest absolute Gasteiger partial charge is 0.367 e. The molecule has 2 N–H and O–H groups in total. The first-order chi connectivity index (χ1) is 6.15. The van der Waals surface area contributed by atoms with Crippen LogP contribution < -0.4 is 0 Å². The van der Waals surface area contributed by atoms with Gasteiger partial charge < -0.3 is 14.9 Å². The van der Waals surface area contributed by atoms with Gasteiger partial charge >= 0.3 is 5.97 Å². The molecule has 0 atom stereocenters. The highest BCUT2D eigenvalue weighted by atomic mass is 32.1. The third kappa shape index (κ3) is 2.48. The van der Waals surface area contributed by atoms with Gasteiger partial charge in [0, 0.05) is 5.38 Å². The molecule has 0 radical (unpaired) electrons. The summed E-state index contributed by atoms with van der Waals surface area (Å²) < 4.78 is 4.67. The minimum atomic E-state index is -1.64. The van der Waals surface area contributed by atoms with Crippen molar-refractivity contribution in [3.05, 3.63) is 16.1 Å². The zero-order chi connectivity index (χ0) is 9.84. The van der Waals surface area contributed by atoms with E-state index < -0.39 is 12.3 Å². The Morgan fingerprint density at radius 2 is 2.46 bits per heavy atom. The highest BCUT2D eigenvalue weighted by Gasteiger charge is 2.14. The molecular formula is C7H9NO4S. The summed E-state index contributed by atoms with van der Waals surface area (Å²) in [6.07, 6.45) is -1.64. The van der Waals surface area contributed by atoms with E-state index in [1.807, 2.05) is 0 Å². The number of ether oxygens (including phenoxy) is 1. The lowest BCUT2D eigenvalue weighted by Crippen LogP contribution is -2.05. The van der Waals surface area contributed by atoms with Crippen LogP contribution in [0.1, 0.15) is 28.7 Å². The molecule has 0 spiro atoms. The summed E-state index contributed by atoms with van der Waals surface area (Å²) in [5.41, 5.74) is 0.0630. The lowest BCUT2D eigenvalue weighted by Gasteiger charge is -1.97. The van der Waals surface area contributed by atoms with Crippen molar-refractivity contribution in [2.75, 3.05) is 6.61 Å². The molecule has 0 aliphatic rings. The SMILES string of the molecule is CCOC(=O)c1nc(C(O)O)cs1. The van der Waals surface area contributed by atoms with Crippen LogP contribution in [0, 0.1) is 0 Å². The van der Waals surface area contributed by atoms with Crippen LogP contribution >= 0.6 is 11.3 Å². The van der Waals surface area contributed by atoms with Crippen LogP contribution in [0.4, 0.5) is 0 Å². The molecule has 0 saturated heterocycles. The maximum atomic E-state index is 11.0. The molecule has 0 aliphatic heterocycles. The van der Waals surface area contributed by atoms with Gasteiger partial charge in [0.05, 0.1) is 6.61 Å². The number of hydrogen-bond donors (Lipinski definition) is 2. The summed E-state index contributed by atoms with van der Waals surface area (Å²) in [6.45, 7) is 1.96. The Balaban J connectivity index is 2.73. The number of nitrogens with zero attached hydrogens (tertiary/aromatic N) is 1. The molecule has 5 nitrogen and oxygen atoms in total. The normalized spacial score (nSPS) is 10.5. The number of esters is 1. The van der Waals surface area contributed by atoms with Crippen molar-refractivity contribution in [3.8, 4) is 0 Å². The summed E-state index contributed by atoms with van der Waals surface area (Å²) in [7, 11) is 0. The second kappa shape index (κ2) is 4.31. The first-order valence-corrected chi connectivity index (χ1v) is 4.51. The van der Waals surface area contributed by atoms with Gasteiger partial charge in [-0.25, -0.2) is 9.78 Å². The van der Waals surface area contributed by atoms with E-state index in [2.05, 4.69) is 9.72 Å². The van der Waals surface area contributed by atoms with Gasteiger partial charge in [0.25, 0.3) is 0 Å². The molecule has 0 fully saturated rings. The predicted octanol–water partition coefficient (Wildman–Crippen LogP) is 0.303. The predicted molar refractivity (Wildman–Crippen MR) is 45.2 cm³/mol. The summed E-state index contributed by atoms with van der Waals surface area (Å²) in [5, 5.41) is 18.9. The van der Waals surface area contributed by atoms with E-state index in [1.165, 1.54) is 5.38 Å². The molecule has 1 aromatic rings. The number of rotatable bonds is 3. The fraction of sp³-hybridized carbons (Fsp3) is 0.429. The molecule has 0 aliphatic carbocycles. The van der Waals surface area contributed by atoms with E-state index in [-0.39, 0.29) is 17.3 Å². The maximum Gasteiger partial charge on any atom is 0.367 e. The van der Waals surface area contributed by atoms with E-state index in [1.54, 1.807) is 6.92 Å². The largest absolute Gasteiger partial charge is 0.461 e. The lowest BCUT2D eigenvalue weighted by atomic mass is 10.5. The minimum absolute atomic E-state index is 0.0630. The molecule has 13 heavy (non-hydrogen) atoms. The Hall–Kier alpha value is -0.980. The fourth-order valence-corrected chi connectivity index (χ4v) is 1.41. The lowest BCUT2D eigenvalue weighted by molar-refractivity contribution is -0.0454. The quantitative estimate of drug-likeness (QED) is 0.545. The van der Waals surface area contributed by atoms with Crippen LogP contribution in [0.25, 0.3) is 0 Å². The van der Waals surface area contributed by atoms with Gasteiger partial charge in [-0.1, -0.05) is 0 Å². The van der Waals surface area contributed by atoms with Crippen LogP contribution in [0.3, 0.4) is 0 Å². The molecule has 0 aromatic carbocycles. The molecule has 0 unspecified atom stereocenters. The average Bonchev–Trinajstić information content (AvgIpc) is 2.52. The van der Waals surface area contributed by atoms with Crippen molar-refractivity contribution >= 4 is 17.3 Å². The van der Waals surface area contributed by atoms with E-state index >= 15 is 0 Å². The Bertz CT molecular complexity index is 296. The number of aliphatic hydroxyl groups is 2. The van der Waals surface area contributed by atoms with Crippen LogP contribution in [0.2, 0.25) is 0 Å². The maximum absolute atomic E-state index is 11.0. The summed E-state index contributed by atoms with van der Waals surface area (Å²) >= 11 is 1.02. The van der Waals surface area contributed by atoms with Gasteiger partial charge in [0.2, 0.25) is 5.01 Å². The molecule has 6 heteroatoms. The minimum Gasteiger partial charge on any atom is -0.461 e. The van der Waals surface area contributed by atoms with Gasteiger partial charge in [0.15, 0.2) is 6.29 Å². The van der Waals surface area contributed by atoms with Gasteiger partial charge in [-0.3, -0.25) is 0 Å². The number of hydrogen-bond acceptors (Lipinski definition) is 6. The Kier molecular flexibility index (Phi) is 3.35. The second-order valence-electron chi connectivity index (χ2n) is 2.17. The average molecular weight is 203 g/mol. The Labute approximate surface area is 78.6 Å². The van der Waals surface area contributed by atoms with Crippen molar-refractivity contribution < 1.29 is 19.7 Å². The number of aliphatic hydroxyl groups excluding tert-OH is 1. The van der Waals surface area contributed by atoms with E-state index in [9.17, 15) is 4.79 Å². The summed E-state index contributed by atoms with van der Waals surface area (Å²) in [4.78, 5) is 14.7. The van der Waals surface area contributed by atoms with E-state index in [0.717, 1.165) is 11.3 Å². The molecule has 72 valence electrons.